The molecular formula is C31H32ClN7OS. The van der Waals surface area contributed by atoms with Crippen LogP contribution in [-0.2, 0) is 6.54 Å². The Bertz CT molecular complexity index is 1730. The summed E-state index contributed by atoms with van der Waals surface area (Å²) in [5, 5.41) is 4.59. The topological polar surface area (TPSA) is 79.2 Å². The predicted octanol–water partition coefficient (Wildman–Crippen LogP) is 6.53. The van der Waals surface area contributed by atoms with Gasteiger partial charge in [0.1, 0.15) is 5.65 Å². The largest absolute Gasteiger partial charge is 0.369 e. The quantitative estimate of drug-likeness (QED) is 0.233. The molecule has 1 N–H and O–H groups in total. The molecule has 0 radical (unpaired) electrons. The summed E-state index contributed by atoms with van der Waals surface area (Å²) in [5.74, 6) is 0.442. The third-order valence-electron chi connectivity index (χ3n) is 7.65. The number of halogens is 1. The normalized spacial score (nSPS) is 14.2. The van der Waals surface area contributed by atoms with Gasteiger partial charge in [-0.15, -0.1) is 11.3 Å². The third-order valence-corrected chi connectivity index (χ3v) is 8.79. The summed E-state index contributed by atoms with van der Waals surface area (Å²) < 4.78 is 1.67. The molecule has 0 spiro atoms. The monoisotopic (exact) mass is 585 g/mol. The highest BCUT2D eigenvalue weighted by atomic mass is 35.5. The first-order valence-corrected chi connectivity index (χ1v) is 15.1. The summed E-state index contributed by atoms with van der Waals surface area (Å²) in [5.41, 5.74) is 6.51. The van der Waals surface area contributed by atoms with Crippen LogP contribution in [0.1, 0.15) is 20.8 Å². The molecule has 0 amide bonds. The number of hydrogen-bond acceptors (Lipinski definition) is 8. The maximum Gasteiger partial charge on any atom is 0.260 e. The highest BCUT2D eigenvalue weighted by Crippen LogP contribution is 2.33. The number of nitrogens with one attached hydrogen (secondary N) is 1. The Morgan fingerprint density at radius 2 is 1.78 bits per heavy atom. The number of aromatic nitrogens is 4. The van der Waals surface area contributed by atoms with Crippen molar-refractivity contribution in [2.45, 2.75) is 33.4 Å². The number of pyridine rings is 1. The fourth-order valence-corrected chi connectivity index (χ4v) is 6.23. The van der Waals surface area contributed by atoms with Crippen molar-refractivity contribution < 1.29 is 0 Å². The van der Waals surface area contributed by atoms with Gasteiger partial charge in [0.05, 0.1) is 10.4 Å². The minimum Gasteiger partial charge on any atom is -0.369 e. The molecule has 0 saturated carbocycles. The summed E-state index contributed by atoms with van der Waals surface area (Å²) in [6.07, 6.45) is 3.56. The summed E-state index contributed by atoms with van der Waals surface area (Å²) in [6.45, 7) is 11.1. The molecule has 1 saturated heterocycles. The van der Waals surface area contributed by atoms with E-state index < -0.39 is 0 Å². The van der Waals surface area contributed by atoms with E-state index in [1.54, 1.807) is 27.6 Å². The standard InChI is InChI=1S/C31H32ClN7OS/c1-4-39-29-22(15-26(30(39)40)25-10-5-21(16-27(25)32)28-18-33-19-41-28)17-34-31(36-29)35-23-6-8-24(9-7-23)38-13-11-37(12-14-38)20(2)3/h5-10,15-20H,4,11-14H2,1-3H3,(H,34,35,36). The zero-order chi connectivity index (χ0) is 28.5. The lowest BCUT2D eigenvalue weighted by atomic mass is 10.0. The van der Waals surface area contributed by atoms with Crippen LogP contribution in [-0.4, -0.2) is 56.6 Å². The molecule has 4 heterocycles. The van der Waals surface area contributed by atoms with Gasteiger partial charge >= 0.3 is 0 Å². The Labute approximate surface area is 248 Å². The van der Waals surface area contributed by atoms with E-state index in [9.17, 15) is 4.79 Å². The lowest BCUT2D eigenvalue weighted by Gasteiger charge is -2.38. The van der Waals surface area contributed by atoms with Crippen LogP contribution >= 0.6 is 22.9 Å². The molecule has 0 unspecified atom stereocenters. The fraction of sp³-hybridized carbons (Fsp3) is 0.290. The zero-order valence-electron chi connectivity index (χ0n) is 23.3. The van der Waals surface area contributed by atoms with E-state index in [4.69, 9.17) is 16.6 Å². The Morgan fingerprint density at radius 1 is 1.00 bits per heavy atom. The van der Waals surface area contributed by atoms with Gasteiger partial charge in [-0.05, 0) is 62.7 Å². The minimum absolute atomic E-state index is 0.140. The van der Waals surface area contributed by atoms with Crippen molar-refractivity contribution in [2.24, 2.45) is 0 Å². The number of rotatable bonds is 7. The van der Waals surface area contributed by atoms with Crippen molar-refractivity contribution in [2.75, 3.05) is 36.4 Å². The lowest BCUT2D eigenvalue weighted by molar-refractivity contribution is 0.209. The second-order valence-electron chi connectivity index (χ2n) is 10.4. The fourth-order valence-electron chi connectivity index (χ4n) is 5.33. The second-order valence-corrected chi connectivity index (χ2v) is 11.7. The lowest BCUT2D eigenvalue weighted by Crippen LogP contribution is -2.48. The molecule has 8 nitrogen and oxygen atoms in total. The molecule has 0 aliphatic carbocycles. The van der Waals surface area contributed by atoms with E-state index >= 15 is 0 Å². The highest BCUT2D eigenvalue weighted by Gasteiger charge is 2.19. The molecule has 3 aromatic heterocycles. The maximum atomic E-state index is 13.6. The van der Waals surface area contributed by atoms with E-state index in [1.807, 2.05) is 49.5 Å². The number of piperazine rings is 1. The van der Waals surface area contributed by atoms with Crippen molar-refractivity contribution in [3.63, 3.8) is 0 Å². The maximum absolute atomic E-state index is 13.6. The van der Waals surface area contributed by atoms with Gasteiger partial charge in [-0.2, -0.15) is 4.98 Å². The predicted molar refractivity (Wildman–Crippen MR) is 170 cm³/mol. The van der Waals surface area contributed by atoms with Gasteiger partial charge in [-0.3, -0.25) is 19.2 Å². The summed E-state index contributed by atoms with van der Waals surface area (Å²) >= 11 is 8.23. The van der Waals surface area contributed by atoms with Crippen LogP contribution in [0.5, 0.6) is 0 Å². The minimum atomic E-state index is -0.140. The molecule has 210 valence electrons. The van der Waals surface area contributed by atoms with Crippen LogP contribution in [0, 0.1) is 0 Å². The van der Waals surface area contributed by atoms with Crippen molar-refractivity contribution in [3.05, 3.63) is 81.8 Å². The van der Waals surface area contributed by atoms with E-state index in [0.29, 0.717) is 40.3 Å². The van der Waals surface area contributed by atoms with Gasteiger partial charge < -0.3 is 10.2 Å². The van der Waals surface area contributed by atoms with Crippen LogP contribution in [0.4, 0.5) is 17.3 Å². The van der Waals surface area contributed by atoms with Crippen LogP contribution in [0.2, 0.25) is 5.02 Å². The van der Waals surface area contributed by atoms with E-state index in [2.05, 4.69) is 51.1 Å². The zero-order valence-corrected chi connectivity index (χ0v) is 24.9. The molecule has 6 rings (SSSR count). The average molecular weight is 586 g/mol. The van der Waals surface area contributed by atoms with E-state index in [0.717, 1.165) is 47.7 Å². The second kappa shape index (κ2) is 11.6. The molecular weight excluding hydrogens is 554 g/mol. The van der Waals surface area contributed by atoms with Gasteiger partial charge in [0.2, 0.25) is 5.95 Å². The molecule has 1 aliphatic rings. The van der Waals surface area contributed by atoms with Crippen molar-refractivity contribution >= 4 is 51.3 Å². The number of thiazole rings is 1. The Hall–Kier alpha value is -3.79. The molecule has 0 bridgehead atoms. The average Bonchev–Trinajstić information content (AvgIpc) is 3.53. The Balaban J connectivity index is 1.24. The van der Waals surface area contributed by atoms with E-state index in [1.165, 1.54) is 5.69 Å². The van der Waals surface area contributed by atoms with E-state index in [-0.39, 0.29) is 5.56 Å². The molecule has 2 aromatic carbocycles. The molecule has 10 heteroatoms. The van der Waals surface area contributed by atoms with Crippen LogP contribution < -0.4 is 15.8 Å². The summed E-state index contributed by atoms with van der Waals surface area (Å²) in [7, 11) is 0. The molecule has 1 fully saturated rings. The number of fused-ring (bicyclic) bond motifs is 1. The molecule has 0 atom stereocenters. The summed E-state index contributed by atoms with van der Waals surface area (Å²) in [4.78, 5) is 33.0. The van der Waals surface area contributed by atoms with Crippen molar-refractivity contribution in [1.29, 1.82) is 0 Å². The SMILES string of the molecule is CCn1c(=O)c(-c2ccc(-c3cncs3)cc2Cl)cc2cnc(Nc3ccc(N4CCN(C(C)C)CC4)cc3)nc21. The molecule has 1 aliphatic heterocycles. The number of nitrogens with zero attached hydrogens (tertiary/aromatic N) is 6. The molecule has 5 aromatic rings. The number of anilines is 3. The first kappa shape index (κ1) is 27.4. The number of hydrogen-bond donors (Lipinski definition) is 1. The van der Waals surface area contributed by atoms with Gasteiger partial charge in [-0.25, -0.2) is 4.98 Å². The van der Waals surface area contributed by atoms with Crippen LogP contribution in [0.15, 0.2) is 71.2 Å². The van der Waals surface area contributed by atoms with Crippen molar-refractivity contribution in [3.8, 4) is 21.6 Å². The van der Waals surface area contributed by atoms with Gasteiger partial charge in [-0.1, -0.05) is 23.7 Å². The first-order valence-electron chi connectivity index (χ1n) is 13.9. The molecule has 41 heavy (non-hydrogen) atoms. The van der Waals surface area contributed by atoms with Gasteiger partial charge in [0.15, 0.2) is 0 Å². The number of aryl methyl sites for hydroxylation is 1. The van der Waals surface area contributed by atoms with Crippen molar-refractivity contribution in [1.82, 2.24) is 24.4 Å². The Kier molecular flexibility index (Phi) is 7.75. The first-order chi connectivity index (χ1) is 19.9. The summed E-state index contributed by atoms with van der Waals surface area (Å²) in [6, 6.07) is 16.5. The van der Waals surface area contributed by atoms with Crippen LogP contribution in [0.25, 0.3) is 32.6 Å². The Morgan fingerprint density at radius 3 is 2.44 bits per heavy atom. The van der Waals surface area contributed by atoms with Gasteiger partial charge in [0.25, 0.3) is 5.56 Å². The smallest absolute Gasteiger partial charge is 0.260 e. The third kappa shape index (κ3) is 5.57. The van der Waals surface area contributed by atoms with Gasteiger partial charge in [0, 0.05) is 84.1 Å². The highest BCUT2D eigenvalue weighted by molar-refractivity contribution is 7.13. The van der Waals surface area contributed by atoms with Crippen LogP contribution in [0.3, 0.4) is 0 Å². The number of benzene rings is 2.